The van der Waals surface area contributed by atoms with E-state index in [0.717, 1.165) is 0 Å². The van der Waals surface area contributed by atoms with Gasteiger partial charge in [0, 0.05) is 0 Å². The van der Waals surface area contributed by atoms with Gasteiger partial charge in [0.15, 0.2) is 0 Å². The Kier molecular flexibility index (Phi) is 17.4. The number of rotatable bonds is 0. The van der Waals surface area contributed by atoms with Crippen LogP contribution in [0.4, 0.5) is 0 Å². The summed E-state index contributed by atoms with van der Waals surface area (Å²) in [5, 5.41) is 0. The average molecular weight is 440 g/mol. The van der Waals surface area contributed by atoms with Crippen LogP contribution in [-0.4, -0.2) is 0 Å². The Morgan fingerprint density at radius 1 is 0.538 bits per heavy atom. The van der Waals surface area contributed by atoms with Crippen molar-refractivity contribution >= 4 is 0 Å². The van der Waals surface area contributed by atoms with Gasteiger partial charge in [-0.25, -0.2) is 0 Å². The molecule has 0 heterocycles. The van der Waals surface area contributed by atoms with E-state index in [1.54, 1.807) is 0 Å². The Labute approximate surface area is 187 Å². The van der Waals surface area contributed by atoms with Crippen molar-refractivity contribution < 1.29 is 26.2 Å². The summed E-state index contributed by atoms with van der Waals surface area (Å²) in [6, 6.07) is 0. The molecule has 0 fully saturated rings. The molecule has 1 aromatic carbocycles. The summed E-state index contributed by atoms with van der Waals surface area (Å²) in [6.07, 6.45) is 0. The van der Waals surface area contributed by atoms with Crippen LogP contribution in [0.25, 0.3) is 0 Å². The third-order valence-corrected chi connectivity index (χ3v) is 2.81. The summed E-state index contributed by atoms with van der Waals surface area (Å²) < 4.78 is 0. The van der Waals surface area contributed by atoms with Crippen molar-refractivity contribution in [2.24, 2.45) is 16.2 Å². The van der Waals surface area contributed by atoms with Gasteiger partial charge in [-0.2, -0.15) is 44.1 Å². The molecule has 0 radical (unpaired) electrons. The molecule has 0 saturated heterocycles. The first-order valence-electron chi connectivity index (χ1n) is 9.31. The topological polar surface area (TPSA) is 0 Å². The van der Waals surface area contributed by atoms with Crippen LogP contribution in [0.2, 0.25) is 0 Å². The standard InChI is InChI=1S/C10H15.3C5H11.Zr/c1-6-7(2)9(4)10(5)8(6)3;3*1-5(2,3)4;/h1-5H3;3*1H2,2-4H3;/q4*-1;+4. The minimum atomic E-state index is 0. The van der Waals surface area contributed by atoms with Crippen molar-refractivity contribution in [2.45, 2.75) is 96.9 Å². The van der Waals surface area contributed by atoms with Gasteiger partial charge in [0.25, 0.3) is 0 Å². The van der Waals surface area contributed by atoms with Gasteiger partial charge < -0.3 is 20.8 Å². The molecule has 0 spiro atoms. The summed E-state index contributed by atoms with van der Waals surface area (Å²) in [4.78, 5) is 0. The molecule has 0 nitrogen and oxygen atoms in total. The molecule has 0 N–H and O–H groups in total. The van der Waals surface area contributed by atoms with Gasteiger partial charge in [-0.3, -0.25) is 0 Å². The first kappa shape index (κ1) is 33.8. The molecule has 1 heteroatoms. The molecule has 0 aliphatic heterocycles. The van der Waals surface area contributed by atoms with Crippen molar-refractivity contribution in [1.29, 1.82) is 0 Å². The Balaban J connectivity index is -0.000000132. The van der Waals surface area contributed by atoms with Crippen LogP contribution in [-0.2, 0) is 26.2 Å². The van der Waals surface area contributed by atoms with Crippen molar-refractivity contribution in [3.05, 3.63) is 48.6 Å². The molecule has 0 amide bonds. The van der Waals surface area contributed by atoms with Gasteiger partial charge in [-0.05, 0) is 0 Å². The van der Waals surface area contributed by atoms with E-state index < -0.39 is 0 Å². The Morgan fingerprint density at radius 3 is 0.692 bits per heavy atom. The van der Waals surface area contributed by atoms with Crippen molar-refractivity contribution in [2.75, 3.05) is 0 Å². The first-order valence-corrected chi connectivity index (χ1v) is 9.31. The van der Waals surface area contributed by atoms with Crippen LogP contribution < -0.4 is 0 Å². The molecule has 152 valence electrons. The SMILES string of the molecule is Cc1c(C)c(C)[c-](C)c1C.[CH2-]C(C)(C)C.[CH2-]C(C)(C)C.[CH2-]C(C)(C)C.[Zr+4]. The maximum atomic E-state index is 3.77. The smallest absolute Gasteiger partial charge is 0.338 e. The Bertz CT molecular complexity index is 341. The molecular weight excluding hydrogens is 391 g/mol. The van der Waals surface area contributed by atoms with E-state index in [-0.39, 0.29) is 42.4 Å². The van der Waals surface area contributed by atoms with E-state index in [2.05, 4.69) is 118 Å². The monoisotopic (exact) mass is 438 g/mol. The van der Waals surface area contributed by atoms with Gasteiger partial charge in [0.05, 0.1) is 0 Å². The second kappa shape index (κ2) is 13.4. The predicted octanol–water partition coefficient (Wildman–Crippen LogP) is 8.54. The van der Waals surface area contributed by atoms with Gasteiger partial charge in [0.1, 0.15) is 0 Å². The quantitative estimate of drug-likeness (QED) is 0.355. The minimum absolute atomic E-state index is 0. The number of hydrogen-bond acceptors (Lipinski definition) is 0. The summed E-state index contributed by atoms with van der Waals surface area (Å²) in [6.45, 7) is 41.0. The maximum absolute atomic E-state index is 3.77. The largest absolute Gasteiger partial charge is 4.00 e. The molecule has 26 heavy (non-hydrogen) atoms. The third-order valence-electron chi connectivity index (χ3n) is 2.81. The molecule has 0 saturated carbocycles. The van der Waals surface area contributed by atoms with Crippen molar-refractivity contribution in [3.63, 3.8) is 0 Å². The van der Waals surface area contributed by atoms with Crippen LogP contribution in [0, 0.1) is 71.6 Å². The van der Waals surface area contributed by atoms with Crippen LogP contribution in [0.1, 0.15) is 90.1 Å². The van der Waals surface area contributed by atoms with E-state index in [9.17, 15) is 0 Å². The molecular formula is C25H48Zr. The van der Waals surface area contributed by atoms with E-state index in [0.29, 0.717) is 0 Å². The van der Waals surface area contributed by atoms with E-state index in [1.165, 1.54) is 27.8 Å². The normalized spacial score (nSPS) is 11.0. The molecule has 0 unspecified atom stereocenters. The third kappa shape index (κ3) is 32.0. The van der Waals surface area contributed by atoms with Crippen LogP contribution in [0.5, 0.6) is 0 Å². The van der Waals surface area contributed by atoms with Gasteiger partial charge in [0.2, 0.25) is 0 Å². The average Bonchev–Trinajstić information content (AvgIpc) is 2.41. The van der Waals surface area contributed by atoms with Gasteiger partial charge in [-0.1, -0.05) is 96.9 Å². The van der Waals surface area contributed by atoms with E-state index in [1.807, 2.05) is 0 Å². The maximum Gasteiger partial charge on any atom is 4.00 e. The zero-order valence-electron chi connectivity index (χ0n) is 20.6. The van der Waals surface area contributed by atoms with E-state index >= 15 is 0 Å². The zero-order chi connectivity index (χ0) is 21.4. The minimum Gasteiger partial charge on any atom is -0.338 e. The van der Waals surface area contributed by atoms with Gasteiger partial charge >= 0.3 is 26.2 Å². The summed E-state index contributed by atoms with van der Waals surface area (Å²) >= 11 is 0. The fraction of sp³-hybridized carbons (Fsp3) is 0.680. The second-order valence-electron chi connectivity index (χ2n) is 10.8. The fourth-order valence-electron chi connectivity index (χ4n) is 1.41. The summed E-state index contributed by atoms with van der Waals surface area (Å²) in [7, 11) is 0. The Morgan fingerprint density at radius 2 is 0.654 bits per heavy atom. The molecule has 0 bridgehead atoms. The van der Waals surface area contributed by atoms with E-state index in [4.69, 9.17) is 0 Å². The van der Waals surface area contributed by atoms with Crippen LogP contribution in [0.3, 0.4) is 0 Å². The molecule has 0 aliphatic rings. The fourth-order valence-corrected chi connectivity index (χ4v) is 1.41. The Hall–Kier alpha value is 0.233. The van der Waals surface area contributed by atoms with Crippen molar-refractivity contribution in [3.8, 4) is 0 Å². The zero-order valence-corrected chi connectivity index (χ0v) is 23.1. The summed E-state index contributed by atoms with van der Waals surface area (Å²) in [5.41, 5.74) is 8.09. The summed E-state index contributed by atoms with van der Waals surface area (Å²) in [5.74, 6) is 0. The molecule has 0 atom stereocenters. The second-order valence-corrected chi connectivity index (χ2v) is 10.8. The molecule has 0 aromatic heterocycles. The molecule has 1 rings (SSSR count). The number of hydrogen-bond donors (Lipinski definition) is 0. The van der Waals surface area contributed by atoms with Gasteiger partial charge in [-0.15, -0.1) is 0 Å². The van der Waals surface area contributed by atoms with Crippen LogP contribution >= 0.6 is 0 Å². The van der Waals surface area contributed by atoms with Crippen molar-refractivity contribution in [1.82, 2.24) is 0 Å². The predicted molar refractivity (Wildman–Crippen MR) is 120 cm³/mol. The molecule has 1 aromatic rings. The first-order chi connectivity index (χ1) is 10.6. The molecule has 0 aliphatic carbocycles. The van der Waals surface area contributed by atoms with Crippen LogP contribution in [0.15, 0.2) is 0 Å².